The molecule has 1 aromatic carbocycles. The highest BCUT2D eigenvalue weighted by Crippen LogP contribution is 2.23. The Morgan fingerprint density at radius 3 is 2.92 bits per heavy atom. The van der Waals surface area contributed by atoms with Gasteiger partial charge in [0.2, 0.25) is 0 Å². The van der Waals surface area contributed by atoms with Crippen LogP contribution < -0.4 is 4.74 Å². The molecule has 3 heteroatoms. The zero-order valence-corrected chi connectivity index (χ0v) is 7.64. The minimum atomic E-state index is 0.556. The van der Waals surface area contributed by atoms with Gasteiger partial charge in [0.15, 0.2) is 0 Å². The Morgan fingerprint density at radius 2 is 2.33 bits per heavy atom. The first-order chi connectivity index (χ1) is 5.77. The van der Waals surface area contributed by atoms with Crippen molar-refractivity contribution in [1.29, 1.82) is 0 Å². The molecule has 0 aliphatic rings. The van der Waals surface area contributed by atoms with Crippen LogP contribution in [0.2, 0.25) is 5.02 Å². The van der Waals surface area contributed by atoms with E-state index in [2.05, 4.69) is 11.7 Å². The molecule has 0 N–H and O–H groups in total. The minimum absolute atomic E-state index is 0.556. The number of nitrogens with zero attached hydrogens (tertiary/aromatic N) is 1. The van der Waals surface area contributed by atoms with Crippen molar-refractivity contribution in [1.82, 2.24) is 0 Å². The van der Waals surface area contributed by atoms with E-state index in [9.17, 15) is 0 Å². The van der Waals surface area contributed by atoms with Crippen LogP contribution in [0.3, 0.4) is 0 Å². The predicted molar refractivity (Wildman–Crippen MR) is 51.3 cm³/mol. The Balaban J connectivity index is 3.01. The molecule has 0 amide bonds. The number of rotatable bonds is 3. The SMILES string of the molecule is C=NCc1ccc(Cl)cc1OC. The van der Waals surface area contributed by atoms with Crippen LogP contribution in [0.1, 0.15) is 5.56 Å². The number of ether oxygens (including phenoxy) is 1. The summed E-state index contributed by atoms with van der Waals surface area (Å²) < 4.78 is 5.11. The molecule has 1 aromatic rings. The Hall–Kier alpha value is -1.02. The van der Waals surface area contributed by atoms with Crippen LogP contribution in [-0.4, -0.2) is 13.8 Å². The van der Waals surface area contributed by atoms with E-state index in [0.717, 1.165) is 11.3 Å². The van der Waals surface area contributed by atoms with Gasteiger partial charge in [-0.3, -0.25) is 4.99 Å². The number of methoxy groups -OCH3 is 1. The first kappa shape index (κ1) is 9.07. The number of hydrogen-bond donors (Lipinski definition) is 0. The molecule has 0 saturated heterocycles. The Bertz CT molecular complexity index is 286. The lowest BCUT2D eigenvalue weighted by Gasteiger charge is -2.05. The fraction of sp³-hybridized carbons (Fsp3) is 0.222. The van der Waals surface area contributed by atoms with Crippen LogP contribution >= 0.6 is 11.6 Å². The largest absolute Gasteiger partial charge is 0.496 e. The lowest BCUT2D eigenvalue weighted by Crippen LogP contribution is -1.90. The second-order valence-electron chi connectivity index (χ2n) is 2.34. The molecule has 0 aromatic heterocycles. The van der Waals surface area contributed by atoms with E-state index in [1.807, 2.05) is 12.1 Å². The lowest BCUT2D eigenvalue weighted by atomic mass is 10.2. The zero-order valence-electron chi connectivity index (χ0n) is 6.88. The van der Waals surface area contributed by atoms with Gasteiger partial charge < -0.3 is 4.74 Å². The van der Waals surface area contributed by atoms with E-state index in [0.29, 0.717) is 11.6 Å². The number of benzene rings is 1. The average Bonchev–Trinajstić information content (AvgIpc) is 2.08. The van der Waals surface area contributed by atoms with Crippen LogP contribution in [0, 0.1) is 0 Å². The van der Waals surface area contributed by atoms with Crippen molar-refractivity contribution < 1.29 is 4.74 Å². The second-order valence-corrected chi connectivity index (χ2v) is 2.77. The van der Waals surface area contributed by atoms with Gasteiger partial charge in [-0.05, 0) is 18.9 Å². The van der Waals surface area contributed by atoms with Crippen LogP contribution in [-0.2, 0) is 6.54 Å². The maximum Gasteiger partial charge on any atom is 0.125 e. The third kappa shape index (κ3) is 1.98. The van der Waals surface area contributed by atoms with Gasteiger partial charge in [-0.25, -0.2) is 0 Å². The Morgan fingerprint density at radius 1 is 1.58 bits per heavy atom. The van der Waals surface area contributed by atoms with E-state index in [1.54, 1.807) is 13.2 Å². The number of aliphatic imine (C=N–C) groups is 1. The minimum Gasteiger partial charge on any atom is -0.496 e. The van der Waals surface area contributed by atoms with E-state index in [4.69, 9.17) is 16.3 Å². The topological polar surface area (TPSA) is 21.6 Å². The van der Waals surface area contributed by atoms with Crippen LogP contribution in [0.15, 0.2) is 23.2 Å². The standard InChI is InChI=1S/C9H10ClNO/c1-11-6-7-3-4-8(10)5-9(7)12-2/h3-5H,1,6H2,2H3. The quantitative estimate of drug-likeness (QED) is 0.660. The molecular weight excluding hydrogens is 174 g/mol. The van der Waals surface area contributed by atoms with Crippen molar-refractivity contribution in [2.45, 2.75) is 6.54 Å². The maximum absolute atomic E-state index is 5.77. The van der Waals surface area contributed by atoms with Crippen LogP contribution in [0.25, 0.3) is 0 Å². The second kappa shape index (κ2) is 4.12. The molecule has 12 heavy (non-hydrogen) atoms. The van der Waals surface area contributed by atoms with Gasteiger partial charge in [-0.15, -0.1) is 0 Å². The van der Waals surface area contributed by atoms with Gasteiger partial charge in [0.05, 0.1) is 13.7 Å². The molecule has 0 atom stereocenters. The molecule has 0 aliphatic carbocycles. The van der Waals surface area contributed by atoms with Crippen molar-refractivity contribution in [3.63, 3.8) is 0 Å². The van der Waals surface area contributed by atoms with E-state index < -0.39 is 0 Å². The third-order valence-corrected chi connectivity index (χ3v) is 1.77. The normalized spacial score (nSPS) is 9.50. The summed E-state index contributed by atoms with van der Waals surface area (Å²) in [6, 6.07) is 5.46. The first-order valence-electron chi connectivity index (χ1n) is 3.53. The highest BCUT2D eigenvalue weighted by Gasteiger charge is 2.01. The van der Waals surface area contributed by atoms with Gasteiger partial charge in [0.1, 0.15) is 5.75 Å². The summed E-state index contributed by atoms with van der Waals surface area (Å²) in [5.74, 6) is 0.759. The molecule has 0 aliphatic heterocycles. The third-order valence-electron chi connectivity index (χ3n) is 1.53. The molecule has 0 heterocycles. The molecule has 0 spiro atoms. The van der Waals surface area contributed by atoms with Gasteiger partial charge in [-0.1, -0.05) is 17.7 Å². The molecule has 1 rings (SSSR count). The number of hydrogen-bond acceptors (Lipinski definition) is 2. The van der Waals surface area contributed by atoms with Gasteiger partial charge in [-0.2, -0.15) is 0 Å². The Kier molecular flexibility index (Phi) is 3.11. The average molecular weight is 184 g/mol. The smallest absolute Gasteiger partial charge is 0.125 e. The summed E-state index contributed by atoms with van der Waals surface area (Å²) in [4.78, 5) is 3.77. The van der Waals surface area contributed by atoms with Crippen molar-refractivity contribution in [3.8, 4) is 5.75 Å². The molecule has 64 valence electrons. The summed E-state index contributed by atoms with van der Waals surface area (Å²) in [5.41, 5.74) is 0.997. The molecule has 2 nitrogen and oxygen atoms in total. The van der Waals surface area contributed by atoms with Crippen LogP contribution in [0.4, 0.5) is 0 Å². The van der Waals surface area contributed by atoms with Gasteiger partial charge in [0, 0.05) is 10.6 Å². The fourth-order valence-electron chi connectivity index (χ4n) is 0.969. The van der Waals surface area contributed by atoms with Crippen molar-refractivity contribution in [2.24, 2.45) is 4.99 Å². The highest BCUT2D eigenvalue weighted by atomic mass is 35.5. The first-order valence-corrected chi connectivity index (χ1v) is 3.90. The molecule has 0 saturated carbocycles. The zero-order chi connectivity index (χ0) is 8.97. The number of halogens is 1. The van der Waals surface area contributed by atoms with E-state index in [1.165, 1.54) is 0 Å². The Labute approximate surface area is 76.8 Å². The van der Waals surface area contributed by atoms with Crippen molar-refractivity contribution in [2.75, 3.05) is 7.11 Å². The highest BCUT2D eigenvalue weighted by molar-refractivity contribution is 6.30. The van der Waals surface area contributed by atoms with Gasteiger partial charge in [0.25, 0.3) is 0 Å². The molecular formula is C9H10ClNO. The molecule has 0 bridgehead atoms. The van der Waals surface area contributed by atoms with E-state index in [-0.39, 0.29) is 0 Å². The molecule has 0 fully saturated rings. The molecule has 0 radical (unpaired) electrons. The van der Waals surface area contributed by atoms with Gasteiger partial charge >= 0.3 is 0 Å². The van der Waals surface area contributed by atoms with Crippen molar-refractivity contribution >= 4 is 18.3 Å². The summed E-state index contributed by atoms with van der Waals surface area (Å²) in [6.45, 7) is 3.97. The lowest BCUT2D eigenvalue weighted by molar-refractivity contribution is 0.410. The molecule has 0 unspecified atom stereocenters. The monoisotopic (exact) mass is 183 g/mol. The summed E-state index contributed by atoms with van der Waals surface area (Å²) in [6.07, 6.45) is 0. The van der Waals surface area contributed by atoms with Crippen molar-refractivity contribution in [3.05, 3.63) is 28.8 Å². The van der Waals surface area contributed by atoms with Crippen LogP contribution in [0.5, 0.6) is 5.75 Å². The maximum atomic E-state index is 5.77. The summed E-state index contributed by atoms with van der Waals surface area (Å²) >= 11 is 5.77. The summed E-state index contributed by atoms with van der Waals surface area (Å²) in [7, 11) is 1.61. The predicted octanol–water partition coefficient (Wildman–Crippen LogP) is 2.55. The summed E-state index contributed by atoms with van der Waals surface area (Å²) in [5, 5.41) is 0.666. The van der Waals surface area contributed by atoms with E-state index >= 15 is 0 Å². The fourth-order valence-corrected chi connectivity index (χ4v) is 1.13.